The molecule has 0 aliphatic carbocycles. The molecule has 6 nitrogen and oxygen atoms in total. The average molecular weight is 391 g/mol. The molecule has 1 N–H and O–H groups in total. The third-order valence-corrected chi connectivity index (χ3v) is 6.26. The van der Waals surface area contributed by atoms with Crippen LogP contribution in [0.25, 0.3) is 10.1 Å². The van der Waals surface area contributed by atoms with Crippen LogP contribution >= 0.6 is 22.9 Å². The van der Waals surface area contributed by atoms with Gasteiger partial charge < -0.3 is 5.32 Å². The minimum absolute atomic E-state index is 0.0320. The molecule has 2 heterocycles. The Hall–Kier alpha value is -2.06. The molecule has 0 atom stereocenters. The van der Waals surface area contributed by atoms with Gasteiger partial charge in [0.25, 0.3) is 5.56 Å². The lowest BCUT2D eigenvalue weighted by molar-refractivity contribution is -0.116. The number of nitrogens with one attached hydrogen (secondary N) is 1. The summed E-state index contributed by atoms with van der Waals surface area (Å²) in [5.74, 6) is 0.283. The Bertz CT molecular complexity index is 942. The summed E-state index contributed by atoms with van der Waals surface area (Å²) in [4.78, 5) is 24.2. The van der Waals surface area contributed by atoms with Crippen molar-refractivity contribution in [1.82, 2.24) is 14.2 Å². The average Bonchev–Trinajstić information content (AvgIpc) is 3.20. The lowest BCUT2D eigenvalue weighted by atomic mass is 10.2. The number of fused-ring (bicyclic) bond motifs is 1. The largest absolute Gasteiger partial charge is 0.301 e. The molecule has 0 aliphatic heterocycles. The summed E-state index contributed by atoms with van der Waals surface area (Å²) in [7, 11) is 0. The number of benzene rings is 1. The highest BCUT2D eigenvalue weighted by Gasteiger charge is 2.10. The predicted molar refractivity (Wildman–Crippen MR) is 107 cm³/mol. The first-order valence-corrected chi connectivity index (χ1v) is 10.4. The Morgan fingerprint density at radius 1 is 1.19 bits per heavy atom. The van der Waals surface area contributed by atoms with Crippen molar-refractivity contribution in [3.63, 3.8) is 0 Å². The zero-order valence-corrected chi connectivity index (χ0v) is 16.5. The number of aromatic nitrogens is 3. The highest BCUT2D eigenvalue weighted by molar-refractivity contribution is 7.15. The van der Waals surface area contributed by atoms with E-state index in [0.717, 1.165) is 34.4 Å². The number of nitrogens with zero attached hydrogens (tertiary/aromatic N) is 3. The topological polar surface area (TPSA) is 76.9 Å². The van der Waals surface area contributed by atoms with Gasteiger partial charge in [0.05, 0.1) is 10.1 Å². The molecular weight excluding hydrogens is 368 g/mol. The number of hydrogen-bond acceptors (Lipinski definition) is 6. The molecule has 2 aromatic heterocycles. The van der Waals surface area contributed by atoms with Gasteiger partial charge in [0.1, 0.15) is 5.01 Å². The minimum Gasteiger partial charge on any atom is -0.301 e. The number of amides is 1. The maximum atomic E-state index is 12.3. The van der Waals surface area contributed by atoms with Crippen molar-refractivity contribution in [3.8, 4) is 0 Å². The Labute approximate surface area is 160 Å². The molecule has 0 fully saturated rings. The molecule has 0 aliphatic rings. The summed E-state index contributed by atoms with van der Waals surface area (Å²) >= 11 is 2.93. The minimum atomic E-state index is -0.0320. The maximum absolute atomic E-state index is 12.3. The first-order chi connectivity index (χ1) is 12.5. The Kier molecular flexibility index (Phi) is 6.16. The van der Waals surface area contributed by atoms with Crippen LogP contribution in [0.4, 0.5) is 5.13 Å². The summed E-state index contributed by atoms with van der Waals surface area (Å²) < 4.78 is 2.83. The number of unbranched alkanes of at least 4 members (excludes halogenated alkanes) is 2. The zero-order chi connectivity index (χ0) is 18.5. The number of carbonyl (C=O) groups is 1. The van der Waals surface area contributed by atoms with E-state index in [0.29, 0.717) is 24.0 Å². The van der Waals surface area contributed by atoms with E-state index < -0.39 is 0 Å². The highest BCUT2D eigenvalue weighted by Crippen LogP contribution is 2.22. The lowest BCUT2D eigenvalue weighted by Gasteiger charge is -2.02. The second kappa shape index (κ2) is 8.55. The Balaban J connectivity index is 1.40. The fraction of sp³-hybridized carbons (Fsp3) is 0.444. The normalized spacial score (nSPS) is 11.3. The number of rotatable bonds is 8. The van der Waals surface area contributed by atoms with E-state index in [-0.39, 0.29) is 11.5 Å². The lowest BCUT2D eigenvalue weighted by Crippen LogP contribution is -2.13. The van der Waals surface area contributed by atoms with Gasteiger partial charge in [-0.15, -0.1) is 10.2 Å². The monoisotopic (exact) mass is 390 g/mol. The number of anilines is 1. The fourth-order valence-corrected chi connectivity index (χ4v) is 4.38. The van der Waals surface area contributed by atoms with Crippen molar-refractivity contribution in [1.29, 1.82) is 0 Å². The van der Waals surface area contributed by atoms with Crippen LogP contribution in [0.2, 0.25) is 0 Å². The predicted octanol–water partition coefficient (Wildman–Crippen LogP) is 4.24. The molecule has 8 heteroatoms. The molecule has 3 rings (SSSR count). The van der Waals surface area contributed by atoms with Crippen molar-refractivity contribution < 1.29 is 4.79 Å². The molecule has 0 unspecified atom stereocenters. The van der Waals surface area contributed by atoms with E-state index in [9.17, 15) is 9.59 Å². The van der Waals surface area contributed by atoms with E-state index in [1.165, 1.54) is 22.9 Å². The molecule has 3 aromatic rings. The van der Waals surface area contributed by atoms with E-state index in [1.807, 2.05) is 38.1 Å². The summed E-state index contributed by atoms with van der Waals surface area (Å²) in [6.07, 6.45) is 3.04. The van der Waals surface area contributed by atoms with Crippen molar-refractivity contribution in [2.24, 2.45) is 0 Å². The fourth-order valence-electron chi connectivity index (χ4n) is 2.58. The molecule has 0 bridgehead atoms. The summed E-state index contributed by atoms with van der Waals surface area (Å²) in [6.45, 7) is 4.80. The van der Waals surface area contributed by atoms with Crippen molar-refractivity contribution in [2.45, 2.75) is 52.0 Å². The number of aryl methyl sites for hydroxylation is 1. The van der Waals surface area contributed by atoms with Crippen LogP contribution in [0, 0.1) is 0 Å². The van der Waals surface area contributed by atoms with E-state index >= 15 is 0 Å². The van der Waals surface area contributed by atoms with Crippen LogP contribution in [0.1, 0.15) is 50.5 Å². The first-order valence-electron chi connectivity index (χ1n) is 8.76. The van der Waals surface area contributed by atoms with E-state index in [4.69, 9.17) is 0 Å². The molecule has 1 amide bonds. The van der Waals surface area contributed by atoms with Gasteiger partial charge >= 0.3 is 0 Å². The summed E-state index contributed by atoms with van der Waals surface area (Å²) in [6, 6.07) is 7.68. The molecular formula is C18H22N4O2S2. The smallest absolute Gasteiger partial charge is 0.268 e. The van der Waals surface area contributed by atoms with Gasteiger partial charge in [-0.3, -0.25) is 13.5 Å². The van der Waals surface area contributed by atoms with Crippen molar-refractivity contribution >= 4 is 44.0 Å². The van der Waals surface area contributed by atoms with Crippen molar-refractivity contribution in [3.05, 3.63) is 39.6 Å². The van der Waals surface area contributed by atoms with Gasteiger partial charge in [-0.2, -0.15) is 0 Å². The quantitative estimate of drug-likeness (QED) is 0.584. The van der Waals surface area contributed by atoms with Crippen LogP contribution in [0.15, 0.2) is 29.1 Å². The molecule has 0 saturated heterocycles. The third-order valence-electron chi connectivity index (χ3n) is 4.00. The molecule has 26 heavy (non-hydrogen) atoms. The third kappa shape index (κ3) is 4.56. The van der Waals surface area contributed by atoms with Gasteiger partial charge in [-0.25, -0.2) is 0 Å². The zero-order valence-electron chi connectivity index (χ0n) is 14.9. The summed E-state index contributed by atoms with van der Waals surface area (Å²) in [5, 5.41) is 13.1. The van der Waals surface area contributed by atoms with Gasteiger partial charge in [0.2, 0.25) is 11.0 Å². The van der Waals surface area contributed by atoms with Crippen LogP contribution in [-0.2, 0) is 11.3 Å². The molecule has 138 valence electrons. The van der Waals surface area contributed by atoms with Crippen molar-refractivity contribution in [2.75, 3.05) is 5.32 Å². The second-order valence-electron chi connectivity index (χ2n) is 6.45. The van der Waals surface area contributed by atoms with Gasteiger partial charge in [0, 0.05) is 18.9 Å². The van der Waals surface area contributed by atoms with Gasteiger partial charge in [-0.1, -0.05) is 55.3 Å². The molecule has 1 aromatic carbocycles. The van der Waals surface area contributed by atoms with Crippen LogP contribution in [0.3, 0.4) is 0 Å². The van der Waals surface area contributed by atoms with Crippen LogP contribution < -0.4 is 10.9 Å². The Morgan fingerprint density at radius 2 is 2.00 bits per heavy atom. The van der Waals surface area contributed by atoms with Crippen LogP contribution in [0.5, 0.6) is 0 Å². The number of carbonyl (C=O) groups excluding carboxylic acids is 1. The molecule has 0 saturated carbocycles. The second-order valence-corrected chi connectivity index (χ2v) is 8.53. The van der Waals surface area contributed by atoms with Crippen LogP contribution in [-0.4, -0.2) is 20.1 Å². The standard InChI is InChI=1S/C18H22N4O2S2/c1-12(2)16-20-21-18(25-16)19-15(23)10-4-3-7-11-22-17(24)13-8-5-6-9-14(13)26-22/h5-6,8-9,12H,3-4,7,10-11H2,1-2H3,(H,19,21,23). The first kappa shape index (κ1) is 18.7. The highest BCUT2D eigenvalue weighted by atomic mass is 32.1. The summed E-state index contributed by atoms with van der Waals surface area (Å²) in [5.41, 5.74) is 0.0839. The van der Waals surface area contributed by atoms with E-state index in [1.54, 1.807) is 3.96 Å². The Morgan fingerprint density at radius 3 is 2.73 bits per heavy atom. The van der Waals surface area contributed by atoms with Gasteiger partial charge in [0.15, 0.2) is 0 Å². The molecule has 0 radical (unpaired) electrons. The molecule has 0 spiro atoms. The van der Waals surface area contributed by atoms with Gasteiger partial charge in [-0.05, 0) is 25.0 Å². The number of hydrogen-bond donors (Lipinski definition) is 1. The maximum Gasteiger partial charge on any atom is 0.268 e. The van der Waals surface area contributed by atoms with E-state index in [2.05, 4.69) is 15.5 Å². The SMILES string of the molecule is CC(C)c1nnc(NC(=O)CCCCCn2sc3ccccc3c2=O)s1.